The maximum atomic E-state index is 14.8. The summed E-state index contributed by atoms with van der Waals surface area (Å²) in [5.41, 5.74) is 10.9. The summed E-state index contributed by atoms with van der Waals surface area (Å²) in [6.45, 7) is 0.161. The average molecular weight is 840 g/mol. The van der Waals surface area contributed by atoms with Crippen molar-refractivity contribution in [1.82, 2.24) is 4.98 Å². The van der Waals surface area contributed by atoms with Crippen LogP contribution < -0.4 is 4.74 Å². The van der Waals surface area contributed by atoms with Gasteiger partial charge in [0.2, 0.25) is 0 Å². The van der Waals surface area contributed by atoms with Gasteiger partial charge in [-0.2, -0.15) is 13.2 Å². The first-order valence-corrected chi connectivity index (χ1v) is 20.6. The molecule has 312 valence electrons. The van der Waals surface area contributed by atoms with Gasteiger partial charge in [0.15, 0.2) is 0 Å². The number of carboxylic acids is 2. The second-order valence-corrected chi connectivity index (χ2v) is 16.0. The lowest BCUT2D eigenvalue weighted by Gasteiger charge is -2.18. The van der Waals surface area contributed by atoms with Crippen molar-refractivity contribution in [1.29, 1.82) is 0 Å². The summed E-state index contributed by atoms with van der Waals surface area (Å²) in [5.74, 6) is -2.23. The molecule has 0 fully saturated rings. The highest BCUT2D eigenvalue weighted by Crippen LogP contribution is 2.45. The number of nitrogens with zero attached hydrogens (tertiary/aromatic N) is 1. The number of aromatic nitrogens is 1. The van der Waals surface area contributed by atoms with E-state index in [0.29, 0.717) is 51.9 Å². The van der Waals surface area contributed by atoms with Crippen LogP contribution in [-0.4, -0.2) is 27.1 Å². The number of benzene rings is 7. The van der Waals surface area contributed by atoms with Crippen molar-refractivity contribution in [2.45, 2.75) is 44.4 Å². The van der Waals surface area contributed by atoms with Crippen molar-refractivity contribution in [3.05, 3.63) is 214 Å². The zero-order valence-corrected chi connectivity index (χ0v) is 33.9. The second-order valence-electron chi connectivity index (χ2n) is 16.0. The van der Waals surface area contributed by atoms with Gasteiger partial charge >= 0.3 is 18.1 Å². The fraction of sp³-hybridized carbons (Fsp3) is 0.130. The predicted molar refractivity (Wildman–Crippen MR) is 238 cm³/mol. The molecule has 6 nitrogen and oxygen atoms in total. The molecule has 1 unspecified atom stereocenters. The predicted octanol–water partition coefficient (Wildman–Crippen LogP) is 12.4. The number of para-hydroxylation sites is 1. The quantitative estimate of drug-likeness (QED) is 0.120. The van der Waals surface area contributed by atoms with Crippen molar-refractivity contribution < 1.29 is 37.7 Å². The molecule has 0 saturated heterocycles. The van der Waals surface area contributed by atoms with E-state index in [-0.39, 0.29) is 25.0 Å². The van der Waals surface area contributed by atoms with E-state index in [1.165, 1.54) is 6.07 Å². The van der Waals surface area contributed by atoms with Gasteiger partial charge in [0.1, 0.15) is 12.4 Å². The number of hydrogen-bond acceptors (Lipinski definition) is 4. The van der Waals surface area contributed by atoms with Gasteiger partial charge < -0.3 is 14.9 Å². The van der Waals surface area contributed by atoms with Crippen LogP contribution in [0.3, 0.4) is 0 Å². The number of fused-ring (bicyclic) bond motifs is 4. The average Bonchev–Trinajstić information content (AvgIpc) is 3.66. The van der Waals surface area contributed by atoms with E-state index in [9.17, 15) is 27.9 Å². The summed E-state index contributed by atoms with van der Waals surface area (Å²) in [6.07, 6.45) is -3.24. The molecule has 1 aliphatic rings. The van der Waals surface area contributed by atoms with Crippen LogP contribution in [0.4, 0.5) is 13.2 Å². The third kappa shape index (κ3) is 8.81. The molecule has 7 aromatic carbocycles. The first kappa shape index (κ1) is 40.9. The third-order valence-corrected chi connectivity index (χ3v) is 11.7. The Balaban J connectivity index is 1.04. The molecule has 0 aliphatic heterocycles. The number of rotatable bonds is 13. The minimum Gasteiger partial charge on any atom is -0.489 e. The standard InChI is InChI=1S/C54H40F3NO5/c55-54(56,57)49-15-7-14-43-44(31-50(58-52(43)49)48-27-37(24-33-8-2-1-3-9-33)26-46-42-13-5-4-10-40(42)30-47(46)48)39-11-6-12-41(29-39)63-32-36-20-22-38(23-21-36)45(53(61)62)25-34-16-18-35(19-17-34)28-51(59)60/h1-23,26-27,29,31,45H,24-25,28,30,32H2,(H,59,60)(H,61,62). The maximum absolute atomic E-state index is 14.8. The Morgan fingerprint density at radius 3 is 2.08 bits per heavy atom. The number of carboxylic acid groups (broad SMARTS) is 2. The lowest BCUT2D eigenvalue weighted by Crippen LogP contribution is -2.14. The molecule has 9 heteroatoms. The lowest BCUT2D eigenvalue weighted by molar-refractivity contribution is -0.139. The van der Waals surface area contributed by atoms with Gasteiger partial charge in [-0.15, -0.1) is 0 Å². The third-order valence-electron chi connectivity index (χ3n) is 11.7. The minimum absolute atomic E-state index is 0.108. The number of aliphatic carboxylic acids is 2. The Labute approximate surface area is 361 Å². The second kappa shape index (κ2) is 17.1. The van der Waals surface area contributed by atoms with Crippen molar-refractivity contribution in [2.75, 3.05) is 0 Å². The molecule has 0 radical (unpaired) electrons. The molecule has 1 atom stereocenters. The fourth-order valence-electron chi connectivity index (χ4n) is 8.62. The van der Waals surface area contributed by atoms with Crippen LogP contribution in [0.5, 0.6) is 5.75 Å². The zero-order chi connectivity index (χ0) is 43.7. The van der Waals surface area contributed by atoms with Gasteiger partial charge in [-0.05, 0) is 116 Å². The van der Waals surface area contributed by atoms with E-state index in [1.807, 2.05) is 66.7 Å². The van der Waals surface area contributed by atoms with E-state index in [2.05, 4.69) is 36.4 Å². The summed E-state index contributed by atoms with van der Waals surface area (Å²) in [4.78, 5) is 28.2. The number of halogens is 3. The van der Waals surface area contributed by atoms with Gasteiger partial charge in [0, 0.05) is 10.9 Å². The first-order chi connectivity index (χ1) is 30.5. The molecule has 2 N–H and O–H groups in total. The van der Waals surface area contributed by atoms with Gasteiger partial charge in [0.05, 0.1) is 29.1 Å². The molecule has 0 amide bonds. The topological polar surface area (TPSA) is 96.7 Å². The van der Waals surface area contributed by atoms with Crippen molar-refractivity contribution >= 4 is 22.8 Å². The van der Waals surface area contributed by atoms with E-state index in [1.54, 1.807) is 48.5 Å². The van der Waals surface area contributed by atoms with Crippen molar-refractivity contribution in [3.8, 4) is 39.3 Å². The number of pyridine rings is 1. The molecule has 1 aromatic heterocycles. The number of ether oxygens (including phenoxy) is 1. The molecular formula is C54H40F3NO5. The minimum atomic E-state index is -4.64. The van der Waals surface area contributed by atoms with Crippen molar-refractivity contribution in [2.24, 2.45) is 0 Å². The summed E-state index contributed by atoms with van der Waals surface area (Å²) >= 11 is 0. The van der Waals surface area contributed by atoms with E-state index in [4.69, 9.17) is 14.8 Å². The van der Waals surface area contributed by atoms with Crippen LogP contribution in [0.15, 0.2) is 164 Å². The molecule has 0 saturated carbocycles. The fourth-order valence-corrected chi connectivity index (χ4v) is 8.62. The molecule has 9 rings (SSSR count). The van der Waals surface area contributed by atoms with Gasteiger partial charge in [-0.1, -0.05) is 133 Å². The Hall–Kier alpha value is -7.52. The van der Waals surface area contributed by atoms with Crippen molar-refractivity contribution in [3.63, 3.8) is 0 Å². The van der Waals surface area contributed by atoms with E-state index < -0.39 is 29.6 Å². The summed E-state index contributed by atoms with van der Waals surface area (Å²) < 4.78 is 50.6. The number of carbonyl (C=O) groups is 2. The zero-order valence-electron chi connectivity index (χ0n) is 33.9. The monoisotopic (exact) mass is 839 g/mol. The highest BCUT2D eigenvalue weighted by atomic mass is 19.4. The van der Waals surface area contributed by atoms with Gasteiger partial charge in [-0.25, -0.2) is 4.98 Å². The molecular weight excluding hydrogens is 800 g/mol. The molecule has 8 aromatic rings. The van der Waals surface area contributed by atoms with Crippen LogP contribution in [0.25, 0.3) is 44.4 Å². The molecule has 63 heavy (non-hydrogen) atoms. The SMILES string of the molecule is O=C(O)Cc1ccc(CC(C(=O)O)c2ccc(COc3cccc(-c4cc(-c5cc(Cc6ccccc6)cc6c5Cc5ccccc5-6)nc5c(C(F)(F)F)cccc45)c3)cc2)cc1. The Morgan fingerprint density at radius 1 is 0.635 bits per heavy atom. The molecule has 0 bridgehead atoms. The molecule has 1 heterocycles. The van der Waals surface area contributed by atoms with Crippen LogP contribution >= 0.6 is 0 Å². The number of alkyl halides is 3. The Morgan fingerprint density at radius 2 is 1.33 bits per heavy atom. The first-order valence-electron chi connectivity index (χ1n) is 20.6. The largest absolute Gasteiger partial charge is 0.489 e. The Kier molecular flexibility index (Phi) is 11.1. The van der Waals surface area contributed by atoms with Crippen LogP contribution in [0.2, 0.25) is 0 Å². The van der Waals surface area contributed by atoms with Crippen LogP contribution in [0, 0.1) is 0 Å². The molecule has 0 spiro atoms. The van der Waals surface area contributed by atoms with E-state index in [0.717, 1.165) is 56.1 Å². The lowest BCUT2D eigenvalue weighted by atomic mass is 9.91. The summed E-state index contributed by atoms with van der Waals surface area (Å²) in [7, 11) is 0. The van der Waals surface area contributed by atoms with Crippen LogP contribution in [0.1, 0.15) is 56.0 Å². The smallest absolute Gasteiger partial charge is 0.418 e. The van der Waals surface area contributed by atoms with Gasteiger partial charge in [-0.3, -0.25) is 9.59 Å². The van der Waals surface area contributed by atoms with Crippen LogP contribution in [-0.2, 0) is 48.1 Å². The summed E-state index contributed by atoms with van der Waals surface area (Å²) in [5, 5.41) is 19.5. The van der Waals surface area contributed by atoms with E-state index >= 15 is 0 Å². The normalized spacial score (nSPS) is 12.4. The highest BCUT2D eigenvalue weighted by Gasteiger charge is 2.34. The highest BCUT2D eigenvalue weighted by molar-refractivity contribution is 5.99. The molecule has 1 aliphatic carbocycles. The maximum Gasteiger partial charge on any atom is 0.418 e. The Bertz CT molecular complexity index is 3000. The number of hydrogen-bond donors (Lipinski definition) is 2. The van der Waals surface area contributed by atoms with Gasteiger partial charge in [0.25, 0.3) is 0 Å². The summed E-state index contributed by atoms with van der Waals surface area (Å²) in [6, 6.07) is 50.0.